The van der Waals surface area contributed by atoms with E-state index < -0.39 is 11.9 Å². The van der Waals surface area contributed by atoms with Crippen LogP contribution in [-0.4, -0.2) is 35.4 Å². The summed E-state index contributed by atoms with van der Waals surface area (Å²) in [6, 6.07) is 0.851. The molecule has 1 aromatic heterocycles. The Morgan fingerprint density at radius 2 is 1.95 bits per heavy atom. The number of carbonyl (C=O) groups excluding carboxylic acids is 2. The lowest BCUT2D eigenvalue weighted by Crippen LogP contribution is -2.50. The molecule has 1 rings (SSSR count). The van der Waals surface area contributed by atoms with Crippen molar-refractivity contribution in [2.24, 2.45) is 0 Å². The van der Waals surface area contributed by atoms with Gasteiger partial charge in [0, 0.05) is 18.8 Å². The third-order valence-electron chi connectivity index (χ3n) is 2.58. The number of hydrogen-bond donors (Lipinski definition) is 3. The number of pyridine rings is 1. The van der Waals surface area contributed by atoms with E-state index in [1.165, 1.54) is 12.3 Å². The number of aromatic nitrogens is 1. The summed E-state index contributed by atoms with van der Waals surface area (Å²) < 4.78 is 0. The fraction of sp³-hybridized carbons (Fsp3) is 0.500. The molecule has 0 aliphatic rings. The van der Waals surface area contributed by atoms with Crippen molar-refractivity contribution < 1.29 is 9.59 Å². The van der Waals surface area contributed by atoms with Gasteiger partial charge in [-0.15, -0.1) is 0 Å². The molecule has 0 saturated carbocycles. The Kier molecular flexibility index (Phi) is 5.54. The van der Waals surface area contributed by atoms with Crippen molar-refractivity contribution in [1.82, 2.24) is 15.6 Å². The molecule has 0 radical (unpaired) electrons. The van der Waals surface area contributed by atoms with E-state index in [2.05, 4.69) is 20.9 Å². The Balaban J connectivity index is 2.72. The normalized spacial score (nSPS) is 12.5. The van der Waals surface area contributed by atoms with Crippen LogP contribution in [-0.2, 0) is 4.79 Å². The molecule has 116 valence electrons. The largest absolute Gasteiger partial charge is 0.372 e. The van der Waals surface area contributed by atoms with Gasteiger partial charge in [-0.2, -0.15) is 0 Å². The zero-order valence-corrected chi connectivity index (χ0v) is 13.6. The molecule has 1 unspecified atom stereocenters. The van der Waals surface area contributed by atoms with E-state index in [0.29, 0.717) is 16.4 Å². The number of carbonyl (C=O) groups is 2. The highest BCUT2D eigenvalue weighted by molar-refractivity contribution is 6.33. The number of anilines is 1. The predicted octanol–water partition coefficient (Wildman–Crippen LogP) is 1.81. The Morgan fingerprint density at radius 3 is 2.43 bits per heavy atom. The molecule has 1 aromatic rings. The van der Waals surface area contributed by atoms with Crippen LogP contribution in [0.25, 0.3) is 0 Å². The fourth-order valence-electron chi connectivity index (χ4n) is 1.57. The summed E-state index contributed by atoms with van der Waals surface area (Å²) in [4.78, 5) is 28.0. The number of nitrogens with one attached hydrogen (secondary N) is 3. The fourth-order valence-corrected chi connectivity index (χ4v) is 1.83. The highest BCUT2D eigenvalue weighted by Gasteiger charge is 2.21. The topological polar surface area (TPSA) is 83.1 Å². The van der Waals surface area contributed by atoms with Gasteiger partial charge in [0.15, 0.2) is 0 Å². The zero-order chi connectivity index (χ0) is 16.2. The minimum atomic E-state index is -0.653. The average molecular weight is 313 g/mol. The molecular formula is C14H21ClN4O2. The smallest absolute Gasteiger partial charge is 0.253 e. The number of hydrogen-bond acceptors (Lipinski definition) is 4. The highest BCUT2D eigenvalue weighted by atomic mass is 35.5. The summed E-state index contributed by atoms with van der Waals surface area (Å²) in [5, 5.41) is 8.56. The van der Waals surface area contributed by atoms with Crippen LogP contribution in [0.2, 0.25) is 5.02 Å². The average Bonchev–Trinajstić information content (AvgIpc) is 2.36. The molecule has 0 fully saturated rings. The van der Waals surface area contributed by atoms with Gasteiger partial charge in [0.2, 0.25) is 5.91 Å². The summed E-state index contributed by atoms with van der Waals surface area (Å²) in [6.45, 7) is 7.24. The van der Waals surface area contributed by atoms with E-state index in [0.717, 1.165) is 0 Å². The van der Waals surface area contributed by atoms with E-state index in [9.17, 15) is 9.59 Å². The zero-order valence-electron chi connectivity index (χ0n) is 12.9. The maximum Gasteiger partial charge on any atom is 0.253 e. The first-order valence-electron chi connectivity index (χ1n) is 6.60. The van der Waals surface area contributed by atoms with Gasteiger partial charge in [0.05, 0.1) is 10.6 Å². The van der Waals surface area contributed by atoms with Crippen LogP contribution in [0.5, 0.6) is 0 Å². The first-order chi connectivity index (χ1) is 9.64. The maximum absolute atomic E-state index is 12.1. The van der Waals surface area contributed by atoms with E-state index in [1.54, 1.807) is 14.0 Å². The summed E-state index contributed by atoms with van der Waals surface area (Å²) in [5.41, 5.74) is -0.0514. The van der Waals surface area contributed by atoms with Gasteiger partial charge >= 0.3 is 0 Å². The second kappa shape index (κ2) is 6.76. The van der Waals surface area contributed by atoms with Crippen molar-refractivity contribution in [1.29, 1.82) is 0 Å². The second-order valence-corrected chi connectivity index (χ2v) is 6.15. The molecule has 0 aromatic carbocycles. The molecule has 0 saturated heterocycles. The standard InChI is InChI=1S/C14H21ClN4O2/c1-8(12(20)19-14(2,3)4)18-13(21)9-6-10(15)11(16-5)17-7-9/h6-8H,1-5H3,(H,16,17)(H,18,21)(H,19,20). The van der Waals surface area contributed by atoms with Crippen molar-refractivity contribution in [3.63, 3.8) is 0 Å². The number of rotatable bonds is 4. The van der Waals surface area contributed by atoms with Gasteiger partial charge in [-0.1, -0.05) is 11.6 Å². The molecule has 1 atom stereocenters. The summed E-state index contributed by atoms with van der Waals surface area (Å²) in [6.07, 6.45) is 1.40. The number of amides is 2. The van der Waals surface area contributed by atoms with E-state index in [-0.39, 0.29) is 11.4 Å². The van der Waals surface area contributed by atoms with Crippen molar-refractivity contribution in [2.45, 2.75) is 39.3 Å². The Labute approximate surface area is 129 Å². The molecule has 0 spiro atoms. The van der Waals surface area contributed by atoms with Gasteiger partial charge < -0.3 is 16.0 Å². The van der Waals surface area contributed by atoms with Crippen molar-refractivity contribution >= 4 is 29.2 Å². The number of halogens is 1. The third-order valence-corrected chi connectivity index (χ3v) is 2.87. The molecular weight excluding hydrogens is 292 g/mol. The van der Waals surface area contributed by atoms with Crippen LogP contribution in [0, 0.1) is 0 Å². The summed E-state index contributed by atoms with van der Waals surface area (Å²) in [5.74, 6) is -0.155. The van der Waals surface area contributed by atoms with Crippen LogP contribution >= 0.6 is 11.6 Å². The Hall–Kier alpha value is -1.82. The van der Waals surface area contributed by atoms with E-state index in [4.69, 9.17) is 11.6 Å². The highest BCUT2D eigenvalue weighted by Crippen LogP contribution is 2.19. The molecule has 0 aliphatic carbocycles. The van der Waals surface area contributed by atoms with Crippen molar-refractivity contribution in [2.75, 3.05) is 12.4 Å². The summed E-state index contributed by atoms with van der Waals surface area (Å²) >= 11 is 5.98. The Morgan fingerprint density at radius 1 is 1.33 bits per heavy atom. The summed E-state index contributed by atoms with van der Waals surface area (Å²) in [7, 11) is 1.69. The van der Waals surface area contributed by atoms with Gasteiger partial charge in [0.1, 0.15) is 11.9 Å². The predicted molar refractivity (Wildman–Crippen MR) is 83.6 cm³/mol. The monoisotopic (exact) mass is 312 g/mol. The lowest BCUT2D eigenvalue weighted by Gasteiger charge is -2.23. The molecule has 3 N–H and O–H groups in total. The minimum Gasteiger partial charge on any atom is -0.372 e. The van der Waals surface area contributed by atoms with E-state index in [1.807, 2.05) is 20.8 Å². The molecule has 2 amide bonds. The Bertz CT molecular complexity index is 540. The van der Waals surface area contributed by atoms with Crippen LogP contribution in [0.1, 0.15) is 38.1 Å². The van der Waals surface area contributed by atoms with Crippen LogP contribution < -0.4 is 16.0 Å². The van der Waals surface area contributed by atoms with Crippen LogP contribution in [0.15, 0.2) is 12.3 Å². The van der Waals surface area contributed by atoms with Crippen molar-refractivity contribution in [3.8, 4) is 0 Å². The van der Waals surface area contributed by atoms with Crippen LogP contribution in [0.3, 0.4) is 0 Å². The molecule has 7 heteroatoms. The molecule has 6 nitrogen and oxygen atoms in total. The van der Waals surface area contributed by atoms with Crippen LogP contribution in [0.4, 0.5) is 5.82 Å². The maximum atomic E-state index is 12.1. The lowest BCUT2D eigenvalue weighted by atomic mass is 10.1. The third kappa shape index (κ3) is 5.23. The van der Waals surface area contributed by atoms with Gasteiger partial charge in [0.25, 0.3) is 5.91 Å². The first kappa shape index (κ1) is 17.2. The minimum absolute atomic E-state index is 0.248. The second-order valence-electron chi connectivity index (χ2n) is 5.74. The lowest BCUT2D eigenvalue weighted by molar-refractivity contribution is -0.124. The number of nitrogens with zero attached hydrogens (tertiary/aromatic N) is 1. The molecule has 1 heterocycles. The van der Waals surface area contributed by atoms with Gasteiger partial charge in [-0.3, -0.25) is 9.59 Å². The van der Waals surface area contributed by atoms with Gasteiger partial charge in [-0.05, 0) is 33.8 Å². The molecule has 0 aliphatic heterocycles. The van der Waals surface area contributed by atoms with Crippen molar-refractivity contribution in [3.05, 3.63) is 22.8 Å². The van der Waals surface area contributed by atoms with E-state index >= 15 is 0 Å². The first-order valence-corrected chi connectivity index (χ1v) is 6.98. The SMILES string of the molecule is CNc1ncc(C(=O)NC(C)C(=O)NC(C)(C)C)cc1Cl. The van der Waals surface area contributed by atoms with Gasteiger partial charge in [-0.25, -0.2) is 4.98 Å². The molecule has 0 bridgehead atoms. The quantitative estimate of drug-likeness (QED) is 0.792. The molecule has 21 heavy (non-hydrogen) atoms.